The Balaban J connectivity index is 0.00000106. The third kappa shape index (κ3) is 7.71. The molecule has 7 nitrogen and oxygen atoms in total. The highest BCUT2D eigenvalue weighted by molar-refractivity contribution is 8.00. The molecule has 0 bridgehead atoms. The maximum absolute atomic E-state index is 10.9. The number of aromatic nitrogens is 2. The van der Waals surface area contributed by atoms with Gasteiger partial charge in [0.05, 0.1) is 16.0 Å². The zero-order chi connectivity index (χ0) is 26.9. The van der Waals surface area contributed by atoms with Gasteiger partial charge in [-0.3, -0.25) is 10.1 Å². The minimum atomic E-state index is -0.370. The molecule has 0 unspecified atom stereocenters. The molecule has 0 aliphatic carbocycles. The summed E-state index contributed by atoms with van der Waals surface area (Å²) in [5.74, 6) is 1.76. The first-order chi connectivity index (χ1) is 17.1. The van der Waals surface area contributed by atoms with Crippen LogP contribution in [0.15, 0.2) is 47.4 Å². The van der Waals surface area contributed by atoms with Gasteiger partial charge < -0.3 is 13.6 Å². The predicted octanol–water partition coefficient (Wildman–Crippen LogP) is 7.86. The summed E-state index contributed by atoms with van der Waals surface area (Å²) in [6.07, 6.45) is 2.32. The van der Waals surface area contributed by atoms with Crippen molar-refractivity contribution >= 4 is 34.4 Å². The van der Waals surface area contributed by atoms with Crippen LogP contribution >= 0.6 is 11.9 Å². The van der Waals surface area contributed by atoms with E-state index in [2.05, 4.69) is 73.4 Å². The van der Waals surface area contributed by atoms with Crippen LogP contribution in [0.5, 0.6) is 0 Å². The standard InChI is InChI=1S/C25H34N4O2S.C3H8O/c1-7-18(8-2)17-27-23-15-12-20(16-22(23)26-24(27)25(4,5)6)28(9-3)32-21-13-10-19(11-14-21)29(30)31;1-3-4-2/h10-16,18H,7-9,17H2,1-6H3;3H2,1-2H3. The van der Waals surface area contributed by atoms with E-state index in [1.807, 2.05) is 6.92 Å². The van der Waals surface area contributed by atoms with Gasteiger partial charge >= 0.3 is 0 Å². The SMILES string of the molecule is CCC(CC)Cn1c(C(C)(C)C)nc2cc(N(CC)Sc3ccc([N+](=O)[O-])cc3)ccc21.CCOC. The number of hydrogen-bond acceptors (Lipinski definition) is 6. The molecule has 0 saturated heterocycles. The van der Waals surface area contributed by atoms with E-state index < -0.39 is 0 Å². The van der Waals surface area contributed by atoms with Gasteiger partial charge in [-0.25, -0.2) is 4.98 Å². The van der Waals surface area contributed by atoms with Crippen molar-refractivity contribution in [3.63, 3.8) is 0 Å². The van der Waals surface area contributed by atoms with Gasteiger partial charge in [0.25, 0.3) is 5.69 Å². The molecule has 1 aromatic heterocycles. The van der Waals surface area contributed by atoms with Crippen molar-refractivity contribution in [2.24, 2.45) is 5.92 Å². The fraction of sp³-hybridized carbons (Fsp3) is 0.536. The molecule has 3 aromatic rings. The van der Waals surface area contributed by atoms with E-state index in [1.54, 1.807) is 43.3 Å². The molecule has 0 amide bonds. The lowest BCUT2D eigenvalue weighted by Crippen LogP contribution is -2.21. The van der Waals surface area contributed by atoms with Crippen LogP contribution in [0, 0.1) is 16.0 Å². The quantitative estimate of drug-likeness (QED) is 0.156. The van der Waals surface area contributed by atoms with Crippen molar-refractivity contribution in [1.29, 1.82) is 0 Å². The van der Waals surface area contributed by atoms with Gasteiger partial charge in [-0.15, -0.1) is 0 Å². The van der Waals surface area contributed by atoms with Gasteiger partial charge in [0.15, 0.2) is 0 Å². The third-order valence-electron chi connectivity index (χ3n) is 6.13. The zero-order valence-electron chi connectivity index (χ0n) is 23.1. The van der Waals surface area contributed by atoms with Crippen molar-refractivity contribution < 1.29 is 9.66 Å². The molecule has 2 aromatic carbocycles. The number of benzene rings is 2. The fourth-order valence-corrected chi connectivity index (χ4v) is 4.75. The first kappa shape index (κ1) is 29.6. The number of nitro benzene ring substituents is 1. The Labute approximate surface area is 220 Å². The van der Waals surface area contributed by atoms with Crippen LogP contribution < -0.4 is 4.31 Å². The Kier molecular flexibility index (Phi) is 11.2. The minimum Gasteiger partial charge on any atom is -0.385 e. The summed E-state index contributed by atoms with van der Waals surface area (Å²) in [6.45, 7) is 17.9. The van der Waals surface area contributed by atoms with Crippen LogP contribution in [0.25, 0.3) is 11.0 Å². The lowest BCUT2D eigenvalue weighted by Gasteiger charge is -2.23. The minimum absolute atomic E-state index is 0.0385. The van der Waals surface area contributed by atoms with E-state index in [0.29, 0.717) is 5.92 Å². The van der Waals surface area contributed by atoms with Crippen LogP contribution in [-0.2, 0) is 16.7 Å². The first-order valence-electron chi connectivity index (χ1n) is 12.8. The second-order valence-electron chi connectivity index (χ2n) is 9.77. The smallest absolute Gasteiger partial charge is 0.269 e. The zero-order valence-corrected chi connectivity index (χ0v) is 23.9. The van der Waals surface area contributed by atoms with E-state index in [4.69, 9.17) is 4.98 Å². The molecular formula is C28H42N4O3S. The van der Waals surface area contributed by atoms with Gasteiger partial charge in [-0.05, 0) is 62.0 Å². The molecule has 0 aliphatic rings. The van der Waals surface area contributed by atoms with Gasteiger partial charge in [-0.1, -0.05) is 47.5 Å². The highest BCUT2D eigenvalue weighted by atomic mass is 32.2. The molecule has 36 heavy (non-hydrogen) atoms. The lowest BCUT2D eigenvalue weighted by molar-refractivity contribution is -0.384. The summed E-state index contributed by atoms with van der Waals surface area (Å²) in [6, 6.07) is 13.2. The van der Waals surface area contributed by atoms with Crippen molar-refractivity contribution in [1.82, 2.24) is 9.55 Å². The Hall–Kier alpha value is -2.58. The molecule has 0 aliphatic heterocycles. The lowest BCUT2D eigenvalue weighted by atomic mass is 9.95. The van der Waals surface area contributed by atoms with E-state index >= 15 is 0 Å². The van der Waals surface area contributed by atoms with Crippen molar-refractivity contribution in [3.05, 3.63) is 58.4 Å². The number of non-ortho nitro benzene ring substituents is 1. The Morgan fingerprint density at radius 3 is 2.17 bits per heavy atom. The van der Waals surface area contributed by atoms with Crippen LogP contribution in [0.1, 0.15) is 67.1 Å². The van der Waals surface area contributed by atoms with Crippen LogP contribution in [0.3, 0.4) is 0 Å². The molecule has 0 N–H and O–H groups in total. The second-order valence-corrected chi connectivity index (χ2v) is 10.9. The number of anilines is 1. The summed E-state index contributed by atoms with van der Waals surface area (Å²) in [5, 5.41) is 10.9. The number of ether oxygens (including phenoxy) is 1. The largest absolute Gasteiger partial charge is 0.385 e. The van der Waals surface area contributed by atoms with E-state index in [-0.39, 0.29) is 16.0 Å². The van der Waals surface area contributed by atoms with Gasteiger partial charge in [0.1, 0.15) is 5.82 Å². The third-order valence-corrected chi connectivity index (χ3v) is 7.30. The first-order valence-corrected chi connectivity index (χ1v) is 13.6. The van der Waals surface area contributed by atoms with Crippen LogP contribution in [0.4, 0.5) is 11.4 Å². The number of methoxy groups -OCH3 is 1. The normalized spacial score (nSPS) is 11.5. The van der Waals surface area contributed by atoms with Gasteiger partial charge in [0, 0.05) is 54.9 Å². The number of hydrogen-bond donors (Lipinski definition) is 0. The number of nitro groups is 1. The van der Waals surface area contributed by atoms with Gasteiger partial charge in [0.2, 0.25) is 0 Å². The van der Waals surface area contributed by atoms with Crippen LogP contribution in [0.2, 0.25) is 0 Å². The van der Waals surface area contributed by atoms with E-state index in [9.17, 15) is 10.1 Å². The predicted molar refractivity (Wildman–Crippen MR) is 152 cm³/mol. The molecule has 0 saturated carbocycles. The summed E-state index contributed by atoms with van der Waals surface area (Å²) in [4.78, 5) is 16.6. The summed E-state index contributed by atoms with van der Waals surface area (Å²) >= 11 is 1.58. The molecular weight excluding hydrogens is 472 g/mol. The fourth-order valence-electron chi connectivity index (χ4n) is 3.89. The summed E-state index contributed by atoms with van der Waals surface area (Å²) < 4.78 is 9.15. The molecule has 0 radical (unpaired) electrons. The Morgan fingerprint density at radius 2 is 1.69 bits per heavy atom. The molecule has 8 heteroatoms. The maximum atomic E-state index is 10.9. The number of nitrogens with zero attached hydrogens (tertiary/aromatic N) is 4. The Morgan fingerprint density at radius 1 is 1.08 bits per heavy atom. The van der Waals surface area contributed by atoms with Crippen molar-refractivity contribution in [3.8, 4) is 0 Å². The Bertz CT molecular complexity index is 1100. The summed E-state index contributed by atoms with van der Waals surface area (Å²) in [5.41, 5.74) is 3.35. The van der Waals surface area contributed by atoms with Gasteiger partial charge in [-0.2, -0.15) is 0 Å². The molecule has 3 rings (SSSR count). The van der Waals surface area contributed by atoms with Crippen molar-refractivity contribution in [2.45, 2.75) is 78.2 Å². The maximum Gasteiger partial charge on any atom is 0.269 e. The van der Waals surface area contributed by atoms with Crippen LogP contribution in [-0.4, -0.2) is 34.7 Å². The number of rotatable bonds is 10. The highest BCUT2D eigenvalue weighted by Crippen LogP contribution is 2.34. The molecule has 0 fully saturated rings. The average molecular weight is 515 g/mol. The second kappa shape index (κ2) is 13.7. The van der Waals surface area contributed by atoms with E-state index in [1.165, 1.54) is 5.52 Å². The number of imidazole rings is 1. The highest BCUT2D eigenvalue weighted by Gasteiger charge is 2.24. The molecule has 0 spiro atoms. The van der Waals surface area contributed by atoms with E-state index in [0.717, 1.165) is 54.5 Å². The summed E-state index contributed by atoms with van der Waals surface area (Å²) in [7, 11) is 1.68. The molecule has 1 heterocycles. The molecule has 198 valence electrons. The average Bonchev–Trinajstić information content (AvgIpc) is 3.24. The topological polar surface area (TPSA) is 73.4 Å². The monoisotopic (exact) mass is 514 g/mol. The van der Waals surface area contributed by atoms with Crippen molar-refractivity contribution in [2.75, 3.05) is 24.6 Å². The molecule has 0 atom stereocenters. The number of fused-ring (bicyclic) bond motifs is 1.